The van der Waals surface area contributed by atoms with Crippen molar-refractivity contribution in [2.45, 2.75) is 13.5 Å². The molecule has 3 aromatic rings. The molecular weight excluding hydrogens is 333 g/mol. The molecule has 0 atom stereocenters. The quantitative estimate of drug-likeness (QED) is 0.766. The number of likely N-dealkylation sites (N-methyl/N-ethyl adjacent to an activating group) is 1. The van der Waals surface area contributed by atoms with Gasteiger partial charge in [-0.25, -0.2) is 4.39 Å². The lowest BCUT2D eigenvalue weighted by Crippen LogP contribution is -2.37. The van der Waals surface area contributed by atoms with Gasteiger partial charge in [-0.2, -0.15) is 0 Å². The molecule has 0 bridgehead atoms. The highest BCUT2D eigenvalue weighted by Gasteiger charge is 2.16. The topological polar surface area (TPSA) is 54.3 Å². The lowest BCUT2D eigenvalue weighted by Gasteiger charge is -2.18. The van der Waals surface area contributed by atoms with Crippen LogP contribution in [0.1, 0.15) is 5.69 Å². The lowest BCUT2D eigenvalue weighted by atomic mass is 10.2. The molecule has 134 valence electrons. The maximum Gasteiger partial charge on any atom is 0.243 e. The Balaban J connectivity index is 1.64. The summed E-state index contributed by atoms with van der Waals surface area (Å²) in [4.78, 5) is 26.0. The highest BCUT2D eigenvalue weighted by atomic mass is 19.1. The second-order valence-electron chi connectivity index (χ2n) is 6.24. The number of rotatable bonds is 5. The number of benzene rings is 2. The number of halogens is 1. The summed E-state index contributed by atoms with van der Waals surface area (Å²) in [7, 11) is 1.58. The Kier molecular flexibility index (Phi) is 5.02. The van der Waals surface area contributed by atoms with Gasteiger partial charge in [-0.15, -0.1) is 0 Å². The lowest BCUT2D eigenvalue weighted by molar-refractivity contribution is -0.133. The first-order valence-corrected chi connectivity index (χ1v) is 8.28. The second kappa shape index (κ2) is 7.39. The molecule has 0 saturated carbocycles. The van der Waals surface area contributed by atoms with E-state index in [-0.39, 0.29) is 24.9 Å². The van der Waals surface area contributed by atoms with E-state index in [1.807, 2.05) is 41.8 Å². The first kappa shape index (κ1) is 17.7. The fourth-order valence-corrected chi connectivity index (χ4v) is 2.88. The molecule has 6 heteroatoms. The molecule has 0 saturated heterocycles. The van der Waals surface area contributed by atoms with Crippen LogP contribution in [0.15, 0.2) is 54.6 Å². The van der Waals surface area contributed by atoms with Crippen molar-refractivity contribution in [2.24, 2.45) is 0 Å². The Labute approximate surface area is 151 Å². The Bertz CT molecular complexity index is 965. The number of carbonyl (C=O) groups is 2. The van der Waals surface area contributed by atoms with E-state index in [1.54, 1.807) is 13.1 Å². The average Bonchev–Trinajstić information content (AvgIpc) is 2.90. The van der Waals surface area contributed by atoms with E-state index in [9.17, 15) is 14.0 Å². The van der Waals surface area contributed by atoms with Crippen molar-refractivity contribution in [1.82, 2.24) is 9.47 Å². The zero-order valence-electron chi connectivity index (χ0n) is 14.7. The number of aryl methyl sites for hydroxylation is 1. The minimum atomic E-state index is -0.429. The summed E-state index contributed by atoms with van der Waals surface area (Å²) < 4.78 is 15.1. The van der Waals surface area contributed by atoms with Crippen molar-refractivity contribution in [3.63, 3.8) is 0 Å². The number of anilines is 1. The van der Waals surface area contributed by atoms with Gasteiger partial charge >= 0.3 is 0 Å². The van der Waals surface area contributed by atoms with Gasteiger partial charge in [0.2, 0.25) is 11.8 Å². The SMILES string of the molecule is Cc1cc2ccccc2n1CC(=O)N(C)CC(=O)Nc1cccc(F)c1. The molecule has 0 unspecified atom stereocenters. The number of aromatic nitrogens is 1. The summed E-state index contributed by atoms with van der Waals surface area (Å²) in [5.74, 6) is -0.980. The third kappa shape index (κ3) is 3.91. The summed E-state index contributed by atoms with van der Waals surface area (Å²) in [6.45, 7) is 2.00. The smallest absolute Gasteiger partial charge is 0.243 e. The Hall–Kier alpha value is -3.15. The summed E-state index contributed by atoms with van der Waals surface area (Å²) in [6, 6.07) is 15.5. The minimum absolute atomic E-state index is 0.104. The van der Waals surface area contributed by atoms with Gasteiger partial charge in [-0.1, -0.05) is 24.3 Å². The minimum Gasteiger partial charge on any atom is -0.335 e. The van der Waals surface area contributed by atoms with E-state index in [2.05, 4.69) is 5.32 Å². The molecule has 2 amide bonds. The molecule has 0 aliphatic heterocycles. The molecule has 0 aliphatic rings. The van der Waals surface area contributed by atoms with Gasteiger partial charge in [0, 0.05) is 23.9 Å². The molecule has 0 fully saturated rings. The van der Waals surface area contributed by atoms with E-state index in [1.165, 1.54) is 23.1 Å². The van der Waals surface area contributed by atoms with Crippen LogP contribution in [0.5, 0.6) is 0 Å². The Morgan fingerprint density at radius 3 is 2.65 bits per heavy atom. The van der Waals surface area contributed by atoms with Crippen LogP contribution in [-0.4, -0.2) is 34.9 Å². The van der Waals surface area contributed by atoms with Crippen molar-refractivity contribution in [2.75, 3.05) is 18.9 Å². The monoisotopic (exact) mass is 353 g/mol. The van der Waals surface area contributed by atoms with Gasteiger partial charge in [0.1, 0.15) is 12.4 Å². The summed E-state index contributed by atoms with van der Waals surface area (Å²) in [5, 5.41) is 3.66. The number of para-hydroxylation sites is 1. The highest BCUT2D eigenvalue weighted by Crippen LogP contribution is 2.19. The summed E-state index contributed by atoms with van der Waals surface area (Å²) in [6.07, 6.45) is 0. The fourth-order valence-electron chi connectivity index (χ4n) is 2.88. The molecule has 1 heterocycles. The van der Waals surface area contributed by atoms with Crippen LogP contribution in [-0.2, 0) is 16.1 Å². The van der Waals surface area contributed by atoms with Crippen molar-refractivity contribution < 1.29 is 14.0 Å². The van der Waals surface area contributed by atoms with Crippen LogP contribution in [0, 0.1) is 12.7 Å². The fraction of sp³-hybridized carbons (Fsp3) is 0.200. The van der Waals surface area contributed by atoms with E-state index in [0.717, 1.165) is 16.6 Å². The van der Waals surface area contributed by atoms with Gasteiger partial charge in [0.05, 0.1) is 6.54 Å². The number of hydrogen-bond acceptors (Lipinski definition) is 2. The van der Waals surface area contributed by atoms with Gasteiger partial charge in [0.25, 0.3) is 0 Å². The van der Waals surface area contributed by atoms with Crippen LogP contribution in [0.4, 0.5) is 10.1 Å². The van der Waals surface area contributed by atoms with Crippen LogP contribution in [0.25, 0.3) is 10.9 Å². The zero-order chi connectivity index (χ0) is 18.7. The molecule has 5 nitrogen and oxygen atoms in total. The molecule has 2 aromatic carbocycles. The summed E-state index contributed by atoms with van der Waals surface area (Å²) >= 11 is 0. The molecule has 3 rings (SSSR count). The largest absolute Gasteiger partial charge is 0.335 e. The molecular formula is C20H20FN3O2. The normalized spacial score (nSPS) is 10.7. The van der Waals surface area contributed by atoms with Crippen LogP contribution < -0.4 is 5.32 Å². The van der Waals surface area contributed by atoms with Crippen molar-refractivity contribution in [3.05, 3.63) is 66.1 Å². The van der Waals surface area contributed by atoms with E-state index >= 15 is 0 Å². The summed E-state index contributed by atoms with van der Waals surface area (Å²) in [5.41, 5.74) is 2.33. The number of nitrogens with zero attached hydrogens (tertiary/aromatic N) is 2. The Morgan fingerprint density at radius 1 is 1.12 bits per heavy atom. The number of amides is 2. The highest BCUT2D eigenvalue weighted by molar-refractivity contribution is 5.94. The maximum atomic E-state index is 13.2. The van der Waals surface area contributed by atoms with Crippen LogP contribution in [0.2, 0.25) is 0 Å². The average molecular weight is 353 g/mol. The molecule has 0 aliphatic carbocycles. The van der Waals surface area contributed by atoms with Crippen molar-refractivity contribution in [1.29, 1.82) is 0 Å². The van der Waals surface area contributed by atoms with Gasteiger partial charge in [0.15, 0.2) is 0 Å². The number of hydrogen-bond donors (Lipinski definition) is 1. The third-order valence-corrected chi connectivity index (χ3v) is 4.23. The van der Waals surface area contributed by atoms with E-state index < -0.39 is 5.82 Å². The molecule has 26 heavy (non-hydrogen) atoms. The first-order valence-electron chi connectivity index (χ1n) is 8.28. The number of nitrogens with one attached hydrogen (secondary N) is 1. The molecule has 1 aromatic heterocycles. The Morgan fingerprint density at radius 2 is 1.88 bits per heavy atom. The first-order chi connectivity index (χ1) is 12.4. The predicted molar refractivity (Wildman–Crippen MR) is 99.3 cm³/mol. The van der Waals surface area contributed by atoms with E-state index in [0.29, 0.717) is 5.69 Å². The standard InChI is InChI=1S/C20H20FN3O2/c1-14-10-15-6-3-4-9-18(15)24(14)13-20(26)23(2)12-19(25)22-17-8-5-7-16(21)11-17/h3-11H,12-13H2,1-2H3,(H,22,25). The molecule has 0 spiro atoms. The molecule has 1 N–H and O–H groups in total. The third-order valence-electron chi connectivity index (χ3n) is 4.23. The van der Waals surface area contributed by atoms with E-state index in [4.69, 9.17) is 0 Å². The zero-order valence-corrected chi connectivity index (χ0v) is 14.7. The van der Waals surface area contributed by atoms with Gasteiger partial charge in [-0.05, 0) is 42.6 Å². The number of carbonyl (C=O) groups excluding carboxylic acids is 2. The van der Waals surface area contributed by atoms with Gasteiger partial charge in [-0.3, -0.25) is 9.59 Å². The maximum absolute atomic E-state index is 13.2. The predicted octanol–water partition coefficient (Wildman–Crippen LogP) is 3.19. The number of fused-ring (bicyclic) bond motifs is 1. The second-order valence-corrected chi connectivity index (χ2v) is 6.24. The van der Waals surface area contributed by atoms with Crippen LogP contribution in [0.3, 0.4) is 0 Å². The van der Waals surface area contributed by atoms with Crippen LogP contribution >= 0.6 is 0 Å². The van der Waals surface area contributed by atoms with Crippen molar-refractivity contribution in [3.8, 4) is 0 Å². The van der Waals surface area contributed by atoms with Crippen molar-refractivity contribution >= 4 is 28.4 Å². The molecule has 0 radical (unpaired) electrons. The van der Waals surface area contributed by atoms with Gasteiger partial charge < -0.3 is 14.8 Å².